The second-order valence-electron chi connectivity index (χ2n) is 4.22. The third-order valence-corrected chi connectivity index (χ3v) is 2.76. The fraction of sp³-hybridized carbons (Fsp3) is 0.214. The molecule has 106 valence electrons. The van der Waals surface area contributed by atoms with Gasteiger partial charge in [-0.2, -0.15) is 0 Å². The fourth-order valence-electron chi connectivity index (χ4n) is 1.78. The van der Waals surface area contributed by atoms with Gasteiger partial charge in [0.15, 0.2) is 5.76 Å². The minimum absolute atomic E-state index is 0.00465. The molecule has 1 aromatic carbocycles. The van der Waals surface area contributed by atoms with Crippen molar-refractivity contribution in [2.75, 3.05) is 11.4 Å². The van der Waals surface area contributed by atoms with Crippen molar-refractivity contribution in [1.29, 1.82) is 0 Å². The van der Waals surface area contributed by atoms with E-state index in [1.165, 1.54) is 18.4 Å². The first-order valence-corrected chi connectivity index (χ1v) is 5.88. The molecule has 0 saturated heterocycles. The van der Waals surface area contributed by atoms with E-state index in [2.05, 4.69) is 0 Å². The molecule has 2 aromatic rings. The second-order valence-corrected chi connectivity index (χ2v) is 4.22. The molecule has 0 N–H and O–H groups in total. The molecule has 0 aliphatic heterocycles. The maximum Gasteiger partial charge on any atom is 0.294 e. The molecule has 0 bridgehead atoms. The summed E-state index contributed by atoms with van der Waals surface area (Å²) < 4.78 is 43.2. The Hall–Kier alpha value is -2.24. The van der Waals surface area contributed by atoms with Crippen LogP contribution in [0.15, 0.2) is 41.0 Å². The highest BCUT2D eigenvalue weighted by molar-refractivity contribution is 6.05. The van der Waals surface area contributed by atoms with Crippen LogP contribution in [0.2, 0.25) is 0 Å². The molecule has 20 heavy (non-hydrogen) atoms. The van der Waals surface area contributed by atoms with Crippen molar-refractivity contribution in [3.8, 4) is 0 Å². The minimum atomic E-state index is -2.71. The first-order chi connectivity index (χ1) is 9.49. The number of rotatable bonds is 4. The van der Waals surface area contributed by atoms with Crippen LogP contribution >= 0.6 is 0 Å². The lowest BCUT2D eigenvalue weighted by Crippen LogP contribution is -2.35. The Morgan fingerprint density at radius 1 is 1.25 bits per heavy atom. The number of alkyl halides is 2. The first-order valence-electron chi connectivity index (χ1n) is 5.88. The van der Waals surface area contributed by atoms with Crippen LogP contribution in [0.5, 0.6) is 0 Å². The highest BCUT2D eigenvalue weighted by Gasteiger charge is 2.25. The van der Waals surface area contributed by atoms with Crippen LogP contribution in [-0.2, 0) is 0 Å². The summed E-state index contributed by atoms with van der Waals surface area (Å²) >= 11 is 0. The Morgan fingerprint density at radius 2 is 1.90 bits per heavy atom. The zero-order valence-electron chi connectivity index (χ0n) is 10.6. The summed E-state index contributed by atoms with van der Waals surface area (Å²) in [5.74, 6) is -1.19. The van der Waals surface area contributed by atoms with Crippen molar-refractivity contribution < 1.29 is 22.4 Å². The molecule has 3 nitrogen and oxygen atoms in total. The number of nitrogens with zero attached hydrogens (tertiary/aromatic N) is 1. The molecule has 0 aliphatic rings. The van der Waals surface area contributed by atoms with Gasteiger partial charge in [-0.05, 0) is 37.3 Å². The van der Waals surface area contributed by atoms with E-state index in [1.807, 2.05) is 0 Å². The molecule has 0 saturated carbocycles. The van der Waals surface area contributed by atoms with E-state index < -0.39 is 24.7 Å². The number of hydrogen-bond acceptors (Lipinski definition) is 2. The highest BCUT2D eigenvalue weighted by atomic mass is 19.3. The smallest absolute Gasteiger partial charge is 0.294 e. The van der Waals surface area contributed by atoms with E-state index >= 15 is 0 Å². The first kappa shape index (κ1) is 14.2. The zero-order valence-corrected chi connectivity index (χ0v) is 10.6. The molecule has 0 atom stereocenters. The summed E-state index contributed by atoms with van der Waals surface area (Å²) in [7, 11) is 0. The maximum absolute atomic E-state index is 12.9. The van der Waals surface area contributed by atoms with Crippen LogP contribution in [0.4, 0.5) is 18.9 Å². The number of aryl methyl sites for hydroxylation is 1. The largest absolute Gasteiger partial charge is 0.459 e. The number of carbonyl (C=O) groups is 1. The number of benzene rings is 1. The molecule has 0 aliphatic carbocycles. The predicted molar refractivity (Wildman–Crippen MR) is 67.5 cm³/mol. The van der Waals surface area contributed by atoms with Crippen molar-refractivity contribution >= 4 is 11.6 Å². The van der Waals surface area contributed by atoms with E-state index in [1.54, 1.807) is 13.0 Å². The molecular weight excluding hydrogens is 271 g/mol. The fourth-order valence-corrected chi connectivity index (χ4v) is 1.78. The highest BCUT2D eigenvalue weighted by Crippen LogP contribution is 2.21. The summed E-state index contributed by atoms with van der Waals surface area (Å²) in [5.41, 5.74) is 0.740. The third-order valence-electron chi connectivity index (χ3n) is 2.76. The van der Waals surface area contributed by atoms with Crippen molar-refractivity contribution in [3.05, 3.63) is 53.7 Å². The van der Waals surface area contributed by atoms with Crippen LogP contribution in [0.1, 0.15) is 16.1 Å². The van der Waals surface area contributed by atoms with Crippen molar-refractivity contribution in [2.24, 2.45) is 0 Å². The molecule has 0 unspecified atom stereocenters. The molecule has 0 fully saturated rings. The summed E-state index contributed by atoms with van der Waals surface area (Å²) in [5, 5.41) is 0. The predicted octanol–water partition coefficient (Wildman–Crippen LogP) is 3.64. The average Bonchev–Trinajstić information content (AvgIpc) is 2.82. The Balaban J connectivity index is 2.35. The minimum Gasteiger partial charge on any atom is -0.459 e. The lowest BCUT2D eigenvalue weighted by atomic mass is 10.2. The Bertz CT molecular complexity index is 593. The van der Waals surface area contributed by atoms with Gasteiger partial charge in [-0.25, -0.2) is 13.2 Å². The van der Waals surface area contributed by atoms with E-state index in [-0.39, 0.29) is 11.4 Å². The van der Waals surface area contributed by atoms with Gasteiger partial charge in [-0.3, -0.25) is 9.69 Å². The van der Waals surface area contributed by atoms with Gasteiger partial charge in [0.1, 0.15) is 5.82 Å². The van der Waals surface area contributed by atoms with E-state index in [0.717, 1.165) is 17.0 Å². The number of furan rings is 1. The number of halogens is 3. The van der Waals surface area contributed by atoms with Crippen LogP contribution in [0.3, 0.4) is 0 Å². The maximum atomic E-state index is 12.9. The van der Waals surface area contributed by atoms with Gasteiger partial charge < -0.3 is 4.42 Å². The van der Waals surface area contributed by atoms with Crippen molar-refractivity contribution in [3.63, 3.8) is 0 Å². The zero-order chi connectivity index (χ0) is 14.7. The molecular formula is C14H12F3NO2. The number of anilines is 1. The Labute approximate surface area is 113 Å². The lowest BCUT2D eigenvalue weighted by molar-refractivity contribution is 0.0919. The SMILES string of the molecule is Cc1ccoc1C(=O)N(CC(F)F)c1ccc(F)cc1. The summed E-state index contributed by atoms with van der Waals surface area (Å²) in [6.45, 7) is 0.854. The van der Waals surface area contributed by atoms with Gasteiger partial charge in [0.05, 0.1) is 12.8 Å². The van der Waals surface area contributed by atoms with E-state index in [0.29, 0.717) is 5.56 Å². The number of hydrogen-bond donors (Lipinski definition) is 0. The van der Waals surface area contributed by atoms with Gasteiger partial charge in [0.2, 0.25) is 0 Å². The van der Waals surface area contributed by atoms with Crippen LogP contribution < -0.4 is 4.90 Å². The molecule has 0 spiro atoms. The monoisotopic (exact) mass is 283 g/mol. The standard InChI is InChI=1S/C14H12F3NO2/c1-9-6-7-20-13(9)14(19)18(8-12(16)17)11-4-2-10(15)3-5-11/h2-7,12H,8H2,1H3. The summed E-state index contributed by atoms with van der Waals surface area (Å²) in [6, 6.07) is 6.33. The second kappa shape index (κ2) is 5.81. The van der Waals surface area contributed by atoms with Gasteiger partial charge in [0.25, 0.3) is 12.3 Å². The molecule has 2 rings (SSSR count). The lowest BCUT2D eigenvalue weighted by Gasteiger charge is -2.21. The topological polar surface area (TPSA) is 33.5 Å². The van der Waals surface area contributed by atoms with Gasteiger partial charge in [0, 0.05) is 11.3 Å². The average molecular weight is 283 g/mol. The van der Waals surface area contributed by atoms with Gasteiger partial charge in [-0.15, -0.1) is 0 Å². The van der Waals surface area contributed by atoms with Crippen LogP contribution in [0.25, 0.3) is 0 Å². The van der Waals surface area contributed by atoms with E-state index in [9.17, 15) is 18.0 Å². The van der Waals surface area contributed by atoms with Gasteiger partial charge in [-0.1, -0.05) is 0 Å². The quantitative estimate of drug-likeness (QED) is 0.858. The van der Waals surface area contributed by atoms with Crippen molar-refractivity contribution in [2.45, 2.75) is 13.3 Å². The molecule has 1 amide bonds. The normalized spacial score (nSPS) is 10.8. The molecule has 0 radical (unpaired) electrons. The van der Waals surface area contributed by atoms with E-state index in [4.69, 9.17) is 4.42 Å². The molecule has 1 aromatic heterocycles. The summed E-state index contributed by atoms with van der Waals surface area (Å²) in [4.78, 5) is 13.1. The number of amides is 1. The van der Waals surface area contributed by atoms with Crippen LogP contribution in [0, 0.1) is 12.7 Å². The molecule has 6 heteroatoms. The van der Waals surface area contributed by atoms with Crippen LogP contribution in [-0.4, -0.2) is 18.9 Å². The Kier molecular flexibility index (Phi) is 4.12. The van der Waals surface area contributed by atoms with Crippen molar-refractivity contribution in [1.82, 2.24) is 0 Å². The number of carbonyl (C=O) groups excluding carboxylic acids is 1. The van der Waals surface area contributed by atoms with Gasteiger partial charge >= 0.3 is 0 Å². The Morgan fingerprint density at radius 3 is 2.40 bits per heavy atom. The molecule has 1 heterocycles. The summed E-state index contributed by atoms with van der Waals surface area (Å²) in [6.07, 6.45) is -1.40. The third kappa shape index (κ3) is 3.01.